The van der Waals surface area contributed by atoms with E-state index in [1.54, 1.807) is 20.7 Å². The third-order valence-electron chi connectivity index (χ3n) is 5.71. The summed E-state index contributed by atoms with van der Waals surface area (Å²) in [7, 11) is -3.38. The zero-order valence-electron chi connectivity index (χ0n) is 16.6. The molecule has 0 aliphatic carbocycles. The molecule has 0 spiro atoms. The van der Waals surface area contributed by atoms with Gasteiger partial charge in [0.05, 0.1) is 26.2 Å². The summed E-state index contributed by atoms with van der Waals surface area (Å²) < 4.78 is 28.9. The Bertz CT molecular complexity index is 801. The molecule has 0 aromatic heterocycles. The summed E-state index contributed by atoms with van der Waals surface area (Å²) in [5, 5.41) is 3.49. The van der Waals surface area contributed by atoms with Gasteiger partial charge in [-0.15, -0.1) is 0 Å². The minimum atomic E-state index is -3.38. The molecule has 0 radical (unpaired) electrons. The average Bonchev–Trinajstić information content (AvgIpc) is 2.65. The number of carbonyl (C=O) groups is 1. The molecule has 2 N–H and O–H groups in total. The maximum Gasteiger partial charge on any atom is 0.282 e. The number of quaternary nitrogens is 1. The lowest BCUT2D eigenvalue weighted by molar-refractivity contribution is -0.895. The zero-order valence-corrected chi connectivity index (χ0v) is 18.2. The van der Waals surface area contributed by atoms with Crippen LogP contribution in [0.25, 0.3) is 0 Å². The highest BCUT2D eigenvalue weighted by molar-refractivity contribution is 7.86. The number of halogens is 1. The fourth-order valence-corrected chi connectivity index (χ4v) is 5.55. The molecular weight excluding hydrogens is 400 g/mol. The number of nitrogens with one attached hydrogen (secondary N) is 2. The lowest BCUT2D eigenvalue weighted by Crippen LogP contribution is -3.15. The third kappa shape index (κ3) is 5.24. The molecule has 2 fully saturated rings. The molecule has 3 rings (SSSR count). The highest BCUT2D eigenvalue weighted by Gasteiger charge is 2.35. The molecular formula is C19H30ClN4O3S+. The summed E-state index contributed by atoms with van der Waals surface area (Å²) in [4.78, 5) is 13.5. The summed E-state index contributed by atoms with van der Waals surface area (Å²) in [5.74, 6) is 0.510. The fourth-order valence-electron chi connectivity index (χ4n) is 3.74. The molecule has 1 aromatic rings. The van der Waals surface area contributed by atoms with Crippen LogP contribution in [-0.4, -0.2) is 68.7 Å². The van der Waals surface area contributed by atoms with Crippen molar-refractivity contribution in [1.82, 2.24) is 8.61 Å². The Morgan fingerprint density at radius 1 is 1.18 bits per heavy atom. The second-order valence-electron chi connectivity index (χ2n) is 7.92. The molecule has 1 amide bonds. The van der Waals surface area contributed by atoms with Crippen molar-refractivity contribution in [2.75, 3.05) is 51.1 Å². The lowest BCUT2D eigenvalue weighted by atomic mass is 10.0. The molecule has 156 valence electrons. The minimum Gasteiger partial charge on any atom is -0.325 e. The van der Waals surface area contributed by atoms with Crippen LogP contribution in [-0.2, 0) is 15.0 Å². The number of piperazine rings is 1. The van der Waals surface area contributed by atoms with Crippen LogP contribution in [0.3, 0.4) is 0 Å². The minimum absolute atomic E-state index is 0.0818. The van der Waals surface area contributed by atoms with E-state index < -0.39 is 10.2 Å². The van der Waals surface area contributed by atoms with Gasteiger partial charge in [0, 0.05) is 23.8 Å². The van der Waals surface area contributed by atoms with Gasteiger partial charge in [0.1, 0.15) is 0 Å². The summed E-state index contributed by atoms with van der Waals surface area (Å²) >= 11 is 6.00. The quantitative estimate of drug-likeness (QED) is 0.725. The molecule has 9 heteroatoms. The molecule has 0 saturated carbocycles. The smallest absolute Gasteiger partial charge is 0.282 e. The predicted molar refractivity (Wildman–Crippen MR) is 111 cm³/mol. The Kier molecular flexibility index (Phi) is 6.98. The van der Waals surface area contributed by atoms with E-state index >= 15 is 0 Å². The second kappa shape index (κ2) is 9.09. The van der Waals surface area contributed by atoms with E-state index in [4.69, 9.17) is 11.6 Å². The molecule has 1 aromatic carbocycles. The average molecular weight is 430 g/mol. The van der Waals surface area contributed by atoms with Gasteiger partial charge in [-0.1, -0.05) is 24.6 Å². The number of nitrogens with zero attached hydrogens (tertiary/aromatic N) is 2. The molecule has 2 aliphatic rings. The number of anilines is 1. The van der Waals surface area contributed by atoms with Crippen LogP contribution in [0.4, 0.5) is 5.69 Å². The van der Waals surface area contributed by atoms with Gasteiger partial charge < -0.3 is 10.2 Å². The number of hydrogen-bond acceptors (Lipinski definition) is 3. The third-order valence-corrected chi connectivity index (χ3v) is 7.98. The van der Waals surface area contributed by atoms with Crippen molar-refractivity contribution in [3.63, 3.8) is 0 Å². The first-order chi connectivity index (χ1) is 13.3. The van der Waals surface area contributed by atoms with Crippen LogP contribution in [0.1, 0.15) is 25.3 Å². The van der Waals surface area contributed by atoms with E-state index in [1.165, 1.54) is 0 Å². The van der Waals surface area contributed by atoms with Crippen molar-refractivity contribution in [1.29, 1.82) is 0 Å². The van der Waals surface area contributed by atoms with Crippen molar-refractivity contribution in [3.05, 3.63) is 28.8 Å². The maximum absolute atomic E-state index is 12.8. The van der Waals surface area contributed by atoms with E-state index in [0.29, 0.717) is 56.8 Å². The first-order valence-corrected chi connectivity index (χ1v) is 11.7. The SMILES string of the molecule is Cc1ccc(Cl)cc1NC(=O)C[NH+]1CCN(S(=O)(=O)N2CCC(C)CC2)CC1. The Balaban J connectivity index is 1.49. The Labute approximate surface area is 172 Å². The molecule has 2 saturated heterocycles. The number of rotatable bonds is 5. The summed E-state index contributed by atoms with van der Waals surface area (Å²) in [6, 6.07) is 5.41. The van der Waals surface area contributed by atoms with Crippen molar-refractivity contribution >= 4 is 33.4 Å². The van der Waals surface area contributed by atoms with Gasteiger partial charge in [-0.25, -0.2) is 0 Å². The van der Waals surface area contributed by atoms with Crippen molar-refractivity contribution in [2.45, 2.75) is 26.7 Å². The van der Waals surface area contributed by atoms with E-state index in [1.807, 2.05) is 13.0 Å². The number of hydrogen-bond donors (Lipinski definition) is 2. The maximum atomic E-state index is 12.8. The zero-order chi connectivity index (χ0) is 20.3. The van der Waals surface area contributed by atoms with Gasteiger partial charge in [-0.05, 0) is 43.4 Å². The summed E-state index contributed by atoms with van der Waals surface area (Å²) in [6.45, 7) is 7.79. The lowest BCUT2D eigenvalue weighted by Gasteiger charge is -2.36. The highest BCUT2D eigenvalue weighted by Crippen LogP contribution is 2.21. The summed E-state index contributed by atoms with van der Waals surface area (Å²) in [6.07, 6.45) is 1.85. The standard InChI is InChI=1S/C19H29ClN4O3S/c1-15-5-7-23(8-6-15)28(26,27)24-11-9-22(10-12-24)14-19(25)21-18-13-17(20)4-3-16(18)2/h3-4,13,15H,5-12,14H2,1-2H3,(H,21,25)/p+1. The largest absolute Gasteiger partial charge is 0.325 e. The molecule has 2 heterocycles. The van der Waals surface area contributed by atoms with Crippen LogP contribution < -0.4 is 10.2 Å². The number of benzene rings is 1. The van der Waals surface area contributed by atoms with E-state index in [-0.39, 0.29) is 5.91 Å². The predicted octanol–water partition coefficient (Wildman–Crippen LogP) is 0.764. The highest BCUT2D eigenvalue weighted by atomic mass is 35.5. The molecule has 0 atom stereocenters. The number of carbonyl (C=O) groups excluding carboxylic acids is 1. The van der Waals surface area contributed by atoms with Crippen LogP contribution >= 0.6 is 11.6 Å². The molecule has 28 heavy (non-hydrogen) atoms. The monoisotopic (exact) mass is 429 g/mol. The normalized spacial score (nSPS) is 21.0. The van der Waals surface area contributed by atoms with Gasteiger partial charge in [0.2, 0.25) is 0 Å². The molecule has 7 nitrogen and oxygen atoms in total. The van der Waals surface area contributed by atoms with E-state index in [2.05, 4.69) is 12.2 Å². The molecule has 0 bridgehead atoms. The Morgan fingerprint density at radius 3 is 2.43 bits per heavy atom. The van der Waals surface area contributed by atoms with Crippen LogP contribution in [0.2, 0.25) is 5.02 Å². The van der Waals surface area contributed by atoms with Gasteiger partial charge in [-0.3, -0.25) is 4.79 Å². The first kappa shape index (κ1) is 21.5. The topological polar surface area (TPSA) is 74.2 Å². The van der Waals surface area contributed by atoms with Crippen LogP contribution in [0.5, 0.6) is 0 Å². The number of aryl methyl sites for hydroxylation is 1. The van der Waals surface area contributed by atoms with Crippen LogP contribution in [0, 0.1) is 12.8 Å². The van der Waals surface area contributed by atoms with Gasteiger partial charge in [0.15, 0.2) is 6.54 Å². The fraction of sp³-hybridized carbons (Fsp3) is 0.632. The number of amides is 1. The van der Waals surface area contributed by atoms with Crippen molar-refractivity contribution in [3.8, 4) is 0 Å². The summed E-state index contributed by atoms with van der Waals surface area (Å²) in [5.41, 5.74) is 1.68. The first-order valence-electron chi connectivity index (χ1n) is 9.90. The van der Waals surface area contributed by atoms with Gasteiger partial charge in [0.25, 0.3) is 16.1 Å². The Hall–Kier alpha value is -1.19. The van der Waals surface area contributed by atoms with Crippen LogP contribution in [0.15, 0.2) is 18.2 Å². The molecule has 0 unspecified atom stereocenters. The van der Waals surface area contributed by atoms with Crippen molar-refractivity contribution in [2.24, 2.45) is 5.92 Å². The van der Waals surface area contributed by atoms with Gasteiger partial charge >= 0.3 is 0 Å². The Morgan fingerprint density at radius 2 is 1.79 bits per heavy atom. The van der Waals surface area contributed by atoms with E-state index in [9.17, 15) is 13.2 Å². The second-order valence-corrected chi connectivity index (χ2v) is 10.3. The van der Waals surface area contributed by atoms with E-state index in [0.717, 1.165) is 29.0 Å². The van der Waals surface area contributed by atoms with Crippen molar-refractivity contribution < 1.29 is 18.1 Å². The number of piperidine rings is 1. The van der Waals surface area contributed by atoms with Gasteiger partial charge in [-0.2, -0.15) is 17.0 Å². The molecule has 2 aliphatic heterocycles.